The molecule has 4 aromatic rings. The van der Waals surface area contributed by atoms with E-state index < -0.39 is 0 Å². The summed E-state index contributed by atoms with van der Waals surface area (Å²) in [7, 11) is 0. The zero-order chi connectivity index (χ0) is 18.8. The number of carbonyl (C=O) groups is 1. The van der Waals surface area contributed by atoms with E-state index in [4.69, 9.17) is 0 Å². The number of benzene rings is 1. The van der Waals surface area contributed by atoms with Crippen molar-refractivity contribution < 1.29 is 9.18 Å². The predicted molar refractivity (Wildman–Crippen MR) is 101 cm³/mol. The van der Waals surface area contributed by atoms with Crippen molar-refractivity contribution >= 4 is 22.2 Å². The Kier molecular flexibility index (Phi) is 4.64. The van der Waals surface area contributed by atoms with Crippen LogP contribution in [0.5, 0.6) is 0 Å². The number of fused-ring (bicyclic) bond motifs is 1. The van der Waals surface area contributed by atoms with Crippen LogP contribution in [0.3, 0.4) is 0 Å². The highest BCUT2D eigenvalue weighted by molar-refractivity contribution is 7.15. The van der Waals surface area contributed by atoms with E-state index >= 15 is 0 Å². The number of rotatable bonds is 5. The summed E-state index contributed by atoms with van der Waals surface area (Å²) in [5.74, 6) is -0.474. The highest BCUT2D eigenvalue weighted by Gasteiger charge is 2.17. The number of imidazole rings is 1. The summed E-state index contributed by atoms with van der Waals surface area (Å²) in [5.41, 5.74) is 2.84. The van der Waals surface area contributed by atoms with E-state index in [0.29, 0.717) is 22.8 Å². The van der Waals surface area contributed by atoms with Crippen molar-refractivity contribution in [3.63, 3.8) is 0 Å². The van der Waals surface area contributed by atoms with Crippen LogP contribution in [0.4, 0.5) is 4.39 Å². The number of hydrogen-bond donors (Lipinski definition) is 1. The van der Waals surface area contributed by atoms with Gasteiger partial charge in [-0.2, -0.15) is 0 Å². The molecule has 0 aliphatic rings. The van der Waals surface area contributed by atoms with Gasteiger partial charge in [0.05, 0.1) is 11.4 Å². The molecule has 1 aromatic carbocycles. The number of aromatic nitrogens is 4. The Morgan fingerprint density at radius 3 is 2.85 bits per heavy atom. The molecule has 3 aromatic heterocycles. The average Bonchev–Trinajstić information content (AvgIpc) is 3.23. The number of thiazole rings is 1. The molecule has 0 radical (unpaired) electrons. The van der Waals surface area contributed by atoms with Gasteiger partial charge >= 0.3 is 0 Å². The average molecular weight is 381 g/mol. The van der Waals surface area contributed by atoms with Gasteiger partial charge in [0.25, 0.3) is 5.91 Å². The molecule has 1 amide bonds. The number of carbonyl (C=O) groups excluding carboxylic acids is 1. The SMILES string of the molecule is CC(Cc1cnccn1)NC(=O)c1csc2nc(-c3ccc(F)cc3)cn12. The van der Waals surface area contributed by atoms with Gasteiger partial charge < -0.3 is 5.32 Å². The van der Waals surface area contributed by atoms with Gasteiger partial charge in [0.1, 0.15) is 11.5 Å². The van der Waals surface area contributed by atoms with Crippen molar-refractivity contribution in [2.75, 3.05) is 0 Å². The van der Waals surface area contributed by atoms with Crippen molar-refractivity contribution in [1.82, 2.24) is 24.7 Å². The first-order valence-corrected chi connectivity index (χ1v) is 9.26. The molecule has 1 N–H and O–H groups in total. The van der Waals surface area contributed by atoms with Crippen LogP contribution in [0.1, 0.15) is 23.1 Å². The summed E-state index contributed by atoms with van der Waals surface area (Å²) in [4.78, 5) is 26.2. The molecular formula is C19H16FN5OS. The molecule has 6 nitrogen and oxygen atoms in total. The first-order chi connectivity index (χ1) is 13.1. The first kappa shape index (κ1) is 17.3. The summed E-state index contributed by atoms with van der Waals surface area (Å²) in [6.07, 6.45) is 7.33. The summed E-state index contributed by atoms with van der Waals surface area (Å²) in [6.45, 7) is 1.92. The second-order valence-corrected chi connectivity index (χ2v) is 7.02. The van der Waals surface area contributed by atoms with E-state index in [1.54, 1.807) is 46.7 Å². The maximum absolute atomic E-state index is 13.1. The van der Waals surface area contributed by atoms with Crippen LogP contribution in [0, 0.1) is 5.82 Å². The molecule has 0 bridgehead atoms. The fourth-order valence-corrected chi connectivity index (χ4v) is 3.66. The standard InChI is InChI=1S/C19H16FN5OS/c1-12(8-15-9-21-6-7-22-15)23-18(26)17-11-27-19-24-16(10-25(17)19)13-2-4-14(20)5-3-13/h2-7,9-12H,8H2,1H3,(H,23,26). The maximum Gasteiger partial charge on any atom is 0.269 e. The van der Waals surface area contributed by atoms with E-state index in [1.165, 1.54) is 23.5 Å². The molecule has 0 fully saturated rings. The normalized spacial score (nSPS) is 12.2. The van der Waals surface area contributed by atoms with Crippen molar-refractivity contribution in [2.45, 2.75) is 19.4 Å². The molecule has 0 saturated carbocycles. The number of nitrogens with zero attached hydrogens (tertiary/aromatic N) is 4. The third kappa shape index (κ3) is 3.70. The Bertz CT molecular complexity index is 1070. The van der Waals surface area contributed by atoms with E-state index in [0.717, 1.165) is 11.3 Å². The van der Waals surface area contributed by atoms with Gasteiger partial charge in [-0.05, 0) is 31.2 Å². The predicted octanol–water partition coefficient (Wildman–Crippen LogP) is 3.35. The van der Waals surface area contributed by atoms with Gasteiger partial charge in [0.15, 0.2) is 4.96 Å². The second kappa shape index (κ2) is 7.24. The lowest BCUT2D eigenvalue weighted by atomic mass is 10.2. The Balaban J connectivity index is 1.52. The van der Waals surface area contributed by atoms with Crippen molar-refractivity contribution in [3.8, 4) is 11.3 Å². The highest BCUT2D eigenvalue weighted by atomic mass is 32.1. The Labute approximate surface area is 158 Å². The molecular weight excluding hydrogens is 365 g/mol. The zero-order valence-electron chi connectivity index (χ0n) is 14.5. The van der Waals surface area contributed by atoms with Crippen LogP contribution in [0.2, 0.25) is 0 Å². The van der Waals surface area contributed by atoms with Gasteiger partial charge in [0.2, 0.25) is 0 Å². The van der Waals surface area contributed by atoms with Crippen molar-refractivity contribution in [3.05, 3.63) is 71.6 Å². The number of halogens is 1. The molecule has 4 rings (SSSR count). The van der Waals surface area contributed by atoms with E-state index in [1.807, 2.05) is 6.92 Å². The first-order valence-electron chi connectivity index (χ1n) is 8.38. The summed E-state index contributed by atoms with van der Waals surface area (Å²) < 4.78 is 14.9. The van der Waals surface area contributed by atoms with Gasteiger partial charge in [-0.3, -0.25) is 19.2 Å². The van der Waals surface area contributed by atoms with E-state index in [2.05, 4.69) is 20.3 Å². The summed E-state index contributed by atoms with van der Waals surface area (Å²) >= 11 is 1.39. The molecule has 1 atom stereocenters. The molecule has 8 heteroatoms. The van der Waals surface area contributed by atoms with Gasteiger partial charge in [-0.15, -0.1) is 11.3 Å². The lowest BCUT2D eigenvalue weighted by Gasteiger charge is -2.12. The molecule has 3 heterocycles. The molecule has 0 saturated heterocycles. The zero-order valence-corrected chi connectivity index (χ0v) is 15.3. The topological polar surface area (TPSA) is 72.2 Å². The van der Waals surface area contributed by atoms with Crippen LogP contribution in [-0.2, 0) is 6.42 Å². The van der Waals surface area contributed by atoms with Crippen LogP contribution in [0.25, 0.3) is 16.2 Å². The third-order valence-electron chi connectivity index (χ3n) is 4.09. The van der Waals surface area contributed by atoms with Crippen LogP contribution in [0.15, 0.2) is 54.4 Å². The van der Waals surface area contributed by atoms with Gasteiger partial charge in [0, 0.05) is 48.2 Å². The minimum atomic E-state index is -0.295. The maximum atomic E-state index is 13.1. The number of amides is 1. The Hall–Kier alpha value is -3.13. The Morgan fingerprint density at radius 1 is 1.30 bits per heavy atom. The number of nitrogens with one attached hydrogen (secondary N) is 1. The third-order valence-corrected chi connectivity index (χ3v) is 4.93. The number of hydrogen-bond acceptors (Lipinski definition) is 5. The molecule has 0 aliphatic carbocycles. The fourth-order valence-electron chi connectivity index (χ4n) is 2.80. The van der Waals surface area contributed by atoms with Crippen LogP contribution >= 0.6 is 11.3 Å². The smallest absolute Gasteiger partial charge is 0.269 e. The van der Waals surface area contributed by atoms with E-state index in [9.17, 15) is 9.18 Å². The lowest BCUT2D eigenvalue weighted by Crippen LogP contribution is -2.34. The molecule has 0 spiro atoms. The van der Waals surface area contributed by atoms with E-state index in [-0.39, 0.29) is 17.8 Å². The monoisotopic (exact) mass is 381 g/mol. The molecule has 0 aliphatic heterocycles. The van der Waals surface area contributed by atoms with Gasteiger partial charge in [-0.25, -0.2) is 9.37 Å². The highest BCUT2D eigenvalue weighted by Crippen LogP contribution is 2.24. The summed E-state index contributed by atoms with van der Waals surface area (Å²) in [5, 5.41) is 4.76. The van der Waals surface area contributed by atoms with Crippen LogP contribution < -0.4 is 5.32 Å². The minimum absolute atomic E-state index is 0.0933. The van der Waals surface area contributed by atoms with Crippen LogP contribution in [-0.4, -0.2) is 31.3 Å². The fraction of sp³-hybridized carbons (Fsp3) is 0.158. The van der Waals surface area contributed by atoms with Gasteiger partial charge in [-0.1, -0.05) is 0 Å². The second-order valence-electron chi connectivity index (χ2n) is 6.18. The quantitative estimate of drug-likeness (QED) is 0.575. The lowest BCUT2D eigenvalue weighted by molar-refractivity contribution is 0.0934. The largest absolute Gasteiger partial charge is 0.348 e. The molecule has 136 valence electrons. The minimum Gasteiger partial charge on any atom is -0.348 e. The summed E-state index contributed by atoms with van der Waals surface area (Å²) in [6, 6.07) is 6.04. The Morgan fingerprint density at radius 2 is 2.11 bits per heavy atom. The molecule has 27 heavy (non-hydrogen) atoms. The molecule has 1 unspecified atom stereocenters. The van der Waals surface area contributed by atoms with Crippen molar-refractivity contribution in [2.24, 2.45) is 0 Å². The van der Waals surface area contributed by atoms with Crippen molar-refractivity contribution in [1.29, 1.82) is 0 Å².